The molecule has 1 heterocycles. The SMILES string of the molecule is CCCC.CCc1ccc(C(C)OCc2ccc(C(=O)NC(CCSC)C(=O)O)c(-c3ccccc3C)c2)s1. The molecule has 3 aromatic rings. The van der Waals surface area contributed by atoms with Crippen LogP contribution in [0.1, 0.15) is 84.3 Å². The highest BCUT2D eigenvalue weighted by molar-refractivity contribution is 7.98. The molecule has 0 aliphatic carbocycles. The number of amides is 1. The van der Waals surface area contributed by atoms with E-state index < -0.39 is 12.0 Å². The van der Waals surface area contributed by atoms with Gasteiger partial charge >= 0.3 is 5.97 Å². The number of hydrogen-bond donors (Lipinski definition) is 2. The molecule has 0 spiro atoms. The summed E-state index contributed by atoms with van der Waals surface area (Å²) in [6.45, 7) is 11.0. The molecule has 0 aliphatic heterocycles. The Morgan fingerprint density at radius 1 is 1.03 bits per heavy atom. The standard InChI is InChI=1S/C28H33NO4S2.C4H10/c1-5-21-11-13-26(35-21)19(3)33-17-20-10-12-23(24(16-20)22-9-7-6-8-18(22)2)27(30)29-25(28(31)32)14-15-34-4;1-3-4-2/h6-13,16,19,25H,5,14-15,17H2,1-4H3,(H,29,30)(H,31,32);3-4H2,1-2H3. The maximum absolute atomic E-state index is 13.2. The van der Waals surface area contributed by atoms with Gasteiger partial charge in [0.15, 0.2) is 0 Å². The summed E-state index contributed by atoms with van der Waals surface area (Å²) in [5.74, 6) is -0.757. The van der Waals surface area contributed by atoms with Gasteiger partial charge in [0.2, 0.25) is 0 Å². The van der Waals surface area contributed by atoms with Crippen LogP contribution in [-0.2, 0) is 22.6 Å². The maximum atomic E-state index is 13.2. The van der Waals surface area contributed by atoms with E-state index in [4.69, 9.17) is 4.74 Å². The average Bonchev–Trinajstić information content (AvgIpc) is 3.43. The van der Waals surface area contributed by atoms with Crippen molar-refractivity contribution in [3.8, 4) is 11.1 Å². The van der Waals surface area contributed by atoms with Gasteiger partial charge in [0.1, 0.15) is 6.04 Å². The van der Waals surface area contributed by atoms with Gasteiger partial charge in [-0.2, -0.15) is 11.8 Å². The molecule has 0 bridgehead atoms. The smallest absolute Gasteiger partial charge is 0.326 e. The van der Waals surface area contributed by atoms with Crippen LogP contribution < -0.4 is 5.32 Å². The first-order valence-electron chi connectivity index (χ1n) is 13.7. The Bertz CT molecular complexity index is 1190. The van der Waals surface area contributed by atoms with Gasteiger partial charge in [-0.05, 0) is 85.2 Å². The molecule has 0 fully saturated rings. The van der Waals surface area contributed by atoms with E-state index in [2.05, 4.69) is 45.1 Å². The third-order valence-electron chi connectivity index (χ3n) is 6.41. The molecule has 3 rings (SSSR count). The molecule has 0 radical (unpaired) electrons. The number of ether oxygens (including phenoxy) is 1. The average molecular weight is 570 g/mol. The third kappa shape index (κ3) is 10.1. The van der Waals surface area contributed by atoms with Crippen LogP contribution in [0.5, 0.6) is 0 Å². The van der Waals surface area contributed by atoms with E-state index in [0.717, 1.165) is 28.7 Å². The predicted octanol–water partition coefficient (Wildman–Crippen LogP) is 8.31. The largest absolute Gasteiger partial charge is 0.480 e. The van der Waals surface area contributed by atoms with Crippen molar-refractivity contribution in [3.63, 3.8) is 0 Å². The fourth-order valence-corrected chi connectivity index (χ4v) is 5.24. The van der Waals surface area contributed by atoms with Crippen molar-refractivity contribution in [1.29, 1.82) is 0 Å². The Labute approximate surface area is 242 Å². The van der Waals surface area contributed by atoms with E-state index in [9.17, 15) is 14.7 Å². The summed E-state index contributed by atoms with van der Waals surface area (Å²) in [6, 6.07) is 16.9. The van der Waals surface area contributed by atoms with Crippen LogP contribution in [0, 0.1) is 6.92 Å². The Kier molecular flexibility index (Phi) is 14.3. The number of aryl methyl sites for hydroxylation is 2. The normalized spacial score (nSPS) is 12.3. The van der Waals surface area contributed by atoms with Gasteiger partial charge in [-0.25, -0.2) is 4.79 Å². The summed E-state index contributed by atoms with van der Waals surface area (Å²) < 4.78 is 6.16. The quantitative estimate of drug-likeness (QED) is 0.216. The van der Waals surface area contributed by atoms with E-state index in [1.807, 2.05) is 49.6 Å². The number of carbonyl (C=O) groups is 2. The number of carboxylic acid groups (broad SMARTS) is 1. The first-order valence-corrected chi connectivity index (χ1v) is 15.9. The lowest BCUT2D eigenvalue weighted by Crippen LogP contribution is -2.41. The fraction of sp³-hybridized carbons (Fsp3) is 0.438. The van der Waals surface area contributed by atoms with E-state index in [1.165, 1.54) is 22.6 Å². The summed E-state index contributed by atoms with van der Waals surface area (Å²) in [5, 5.41) is 12.3. The second-order valence-electron chi connectivity index (χ2n) is 9.45. The third-order valence-corrected chi connectivity index (χ3v) is 8.44. The van der Waals surface area contributed by atoms with Crippen molar-refractivity contribution in [1.82, 2.24) is 5.32 Å². The van der Waals surface area contributed by atoms with Crippen molar-refractivity contribution in [2.24, 2.45) is 0 Å². The summed E-state index contributed by atoms with van der Waals surface area (Å²) in [5.41, 5.74) is 4.16. The van der Waals surface area contributed by atoms with Crippen LogP contribution >= 0.6 is 23.1 Å². The molecule has 7 heteroatoms. The number of thioether (sulfide) groups is 1. The minimum absolute atomic E-state index is 0.0297. The van der Waals surface area contributed by atoms with E-state index in [0.29, 0.717) is 24.3 Å². The van der Waals surface area contributed by atoms with E-state index in [1.54, 1.807) is 29.2 Å². The molecule has 39 heavy (non-hydrogen) atoms. The Hall–Kier alpha value is -2.61. The molecule has 1 amide bonds. The summed E-state index contributed by atoms with van der Waals surface area (Å²) in [7, 11) is 0. The van der Waals surface area contributed by atoms with Crippen LogP contribution in [-0.4, -0.2) is 35.0 Å². The number of benzene rings is 2. The van der Waals surface area contributed by atoms with Crippen molar-refractivity contribution in [3.05, 3.63) is 81.0 Å². The molecular formula is C32H43NO4S2. The lowest BCUT2D eigenvalue weighted by molar-refractivity contribution is -0.139. The van der Waals surface area contributed by atoms with Crippen molar-refractivity contribution >= 4 is 35.0 Å². The maximum Gasteiger partial charge on any atom is 0.326 e. The lowest BCUT2D eigenvalue weighted by atomic mass is 9.93. The van der Waals surface area contributed by atoms with Gasteiger partial charge in [0.05, 0.1) is 12.7 Å². The van der Waals surface area contributed by atoms with Crippen LogP contribution in [0.25, 0.3) is 11.1 Å². The van der Waals surface area contributed by atoms with Crippen LogP contribution in [0.3, 0.4) is 0 Å². The summed E-state index contributed by atoms with van der Waals surface area (Å²) in [6.07, 6.45) is 5.91. The molecule has 2 unspecified atom stereocenters. The van der Waals surface area contributed by atoms with Crippen LogP contribution in [0.4, 0.5) is 0 Å². The number of hydrogen-bond acceptors (Lipinski definition) is 5. The first kappa shape index (κ1) is 32.6. The van der Waals surface area contributed by atoms with Crippen molar-refractivity contribution < 1.29 is 19.4 Å². The fourth-order valence-electron chi connectivity index (χ4n) is 3.81. The number of thiophene rings is 1. The topological polar surface area (TPSA) is 75.6 Å². The minimum Gasteiger partial charge on any atom is -0.480 e. The summed E-state index contributed by atoms with van der Waals surface area (Å²) in [4.78, 5) is 27.4. The molecule has 0 saturated heterocycles. The highest BCUT2D eigenvalue weighted by Gasteiger charge is 2.23. The highest BCUT2D eigenvalue weighted by Crippen LogP contribution is 2.30. The number of carbonyl (C=O) groups excluding carboxylic acids is 1. The second-order valence-corrected chi connectivity index (χ2v) is 11.6. The molecule has 2 N–H and O–H groups in total. The molecule has 0 aliphatic rings. The summed E-state index contributed by atoms with van der Waals surface area (Å²) >= 11 is 3.33. The Morgan fingerprint density at radius 3 is 2.33 bits per heavy atom. The monoisotopic (exact) mass is 569 g/mol. The van der Waals surface area contributed by atoms with Crippen molar-refractivity contribution in [2.45, 2.75) is 79.1 Å². The Balaban J connectivity index is 0.00000124. The number of unbranched alkanes of at least 4 members (excludes halogenated alkanes) is 1. The molecule has 2 aromatic carbocycles. The molecule has 212 valence electrons. The zero-order valence-electron chi connectivity index (χ0n) is 24.1. The van der Waals surface area contributed by atoms with Gasteiger partial charge in [-0.1, -0.05) is 63.9 Å². The zero-order chi connectivity index (χ0) is 28.8. The van der Waals surface area contributed by atoms with E-state index in [-0.39, 0.29) is 12.0 Å². The molecule has 0 saturated carbocycles. The van der Waals surface area contributed by atoms with E-state index >= 15 is 0 Å². The second kappa shape index (κ2) is 17.2. The highest BCUT2D eigenvalue weighted by atomic mass is 32.2. The van der Waals surface area contributed by atoms with Gasteiger partial charge < -0.3 is 15.2 Å². The van der Waals surface area contributed by atoms with Crippen molar-refractivity contribution in [2.75, 3.05) is 12.0 Å². The molecular weight excluding hydrogens is 526 g/mol. The van der Waals surface area contributed by atoms with Gasteiger partial charge in [-0.15, -0.1) is 11.3 Å². The predicted molar refractivity (Wildman–Crippen MR) is 166 cm³/mol. The van der Waals surface area contributed by atoms with Gasteiger partial charge in [0.25, 0.3) is 5.91 Å². The molecule has 5 nitrogen and oxygen atoms in total. The Morgan fingerprint density at radius 2 is 1.74 bits per heavy atom. The first-order chi connectivity index (χ1) is 18.7. The van der Waals surface area contributed by atoms with Gasteiger partial charge in [0, 0.05) is 15.3 Å². The number of aliphatic carboxylic acids is 1. The number of carboxylic acids is 1. The minimum atomic E-state index is -1.02. The van der Waals surface area contributed by atoms with Crippen LogP contribution in [0.15, 0.2) is 54.6 Å². The lowest BCUT2D eigenvalue weighted by Gasteiger charge is -2.18. The number of nitrogens with one attached hydrogen (secondary N) is 1. The number of rotatable bonds is 13. The zero-order valence-corrected chi connectivity index (χ0v) is 25.7. The van der Waals surface area contributed by atoms with Crippen LogP contribution in [0.2, 0.25) is 0 Å². The molecule has 1 aromatic heterocycles. The molecule has 2 atom stereocenters. The van der Waals surface area contributed by atoms with Gasteiger partial charge in [-0.3, -0.25) is 4.79 Å².